The zero-order valence-corrected chi connectivity index (χ0v) is 11.3. The highest BCUT2D eigenvalue weighted by molar-refractivity contribution is 6.78. The van der Waals surface area contributed by atoms with E-state index in [-0.39, 0.29) is 0 Å². The first kappa shape index (κ1) is 12.4. The van der Waals surface area contributed by atoms with Gasteiger partial charge in [-0.1, -0.05) is 51.2 Å². The monoisotopic (exact) mass is 204 g/mol. The molecule has 0 spiro atoms. The third kappa shape index (κ3) is 7.07. The molecule has 0 bridgehead atoms. The van der Waals surface area contributed by atoms with E-state index in [0.29, 0.717) is 6.23 Å². The van der Waals surface area contributed by atoms with Crippen LogP contribution in [0.25, 0.3) is 0 Å². The molecule has 0 rings (SSSR count). The molecule has 0 fully saturated rings. The van der Waals surface area contributed by atoms with E-state index in [4.69, 9.17) is 5.11 Å². The lowest BCUT2D eigenvalue weighted by Crippen LogP contribution is -2.31. The predicted molar refractivity (Wildman–Crippen MR) is 62.1 cm³/mol. The number of rotatable bonds is 5. The molecular formula is C9H24OSi2. The van der Waals surface area contributed by atoms with Crippen molar-refractivity contribution in [2.24, 2.45) is 0 Å². The summed E-state index contributed by atoms with van der Waals surface area (Å²) in [4.78, 5) is 0. The van der Waals surface area contributed by atoms with Gasteiger partial charge in [-0.25, -0.2) is 0 Å². The average molecular weight is 204 g/mol. The van der Waals surface area contributed by atoms with Gasteiger partial charge in [0, 0.05) is 14.3 Å². The number of aliphatic hydroxyl groups is 1. The fourth-order valence-electron chi connectivity index (χ4n) is 1.18. The molecule has 0 aliphatic carbocycles. The fraction of sp³-hybridized carbons (Fsp3) is 1.00. The lowest BCUT2D eigenvalue weighted by atomic mass is 10.6. The maximum atomic E-state index is 9.10. The Hall–Kier alpha value is 0.394. The molecule has 0 heterocycles. The van der Waals surface area contributed by atoms with Crippen molar-refractivity contribution < 1.29 is 5.11 Å². The highest BCUT2D eigenvalue weighted by Gasteiger charge is 2.20. The van der Waals surface area contributed by atoms with Gasteiger partial charge >= 0.3 is 0 Å². The molecule has 0 aromatic rings. The summed E-state index contributed by atoms with van der Waals surface area (Å²) in [6.45, 7) is 11.8. The minimum Gasteiger partial charge on any atom is -0.400 e. The zero-order chi connectivity index (χ0) is 9.83. The van der Waals surface area contributed by atoms with Crippen molar-refractivity contribution >= 4 is 16.1 Å². The van der Waals surface area contributed by atoms with E-state index >= 15 is 0 Å². The van der Waals surface area contributed by atoms with Crippen molar-refractivity contribution in [1.82, 2.24) is 0 Å². The molecular weight excluding hydrogens is 180 g/mol. The summed E-state index contributed by atoms with van der Waals surface area (Å²) >= 11 is 0. The van der Waals surface area contributed by atoms with Crippen molar-refractivity contribution in [3.8, 4) is 0 Å². The maximum Gasteiger partial charge on any atom is 0.0772 e. The summed E-state index contributed by atoms with van der Waals surface area (Å²) in [5.41, 5.74) is 0. The van der Waals surface area contributed by atoms with Crippen molar-refractivity contribution in [2.75, 3.05) is 6.23 Å². The fourth-order valence-corrected chi connectivity index (χ4v) is 4.06. The van der Waals surface area contributed by atoms with Crippen LogP contribution in [0.5, 0.6) is 0 Å². The molecule has 74 valence electrons. The molecule has 0 unspecified atom stereocenters. The average Bonchev–Trinajstić information content (AvgIpc) is 1.84. The summed E-state index contributed by atoms with van der Waals surface area (Å²) in [7, 11) is -2.03. The van der Waals surface area contributed by atoms with Crippen molar-refractivity contribution in [1.29, 1.82) is 0 Å². The number of hydrogen-bond acceptors (Lipinski definition) is 1. The van der Waals surface area contributed by atoms with Gasteiger partial charge in [-0.3, -0.25) is 0 Å². The number of hydrogen-bond donors (Lipinski definition) is 1. The number of aliphatic hydroxyl groups excluding tert-OH is 1. The van der Waals surface area contributed by atoms with Crippen molar-refractivity contribution in [3.05, 3.63) is 0 Å². The lowest BCUT2D eigenvalue weighted by Gasteiger charge is -2.21. The van der Waals surface area contributed by atoms with Gasteiger partial charge in [0.2, 0.25) is 0 Å². The first-order chi connectivity index (χ1) is 5.27. The van der Waals surface area contributed by atoms with Gasteiger partial charge in [0.25, 0.3) is 0 Å². The van der Waals surface area contributed by atoms with Crippen LogP contribution in [0.3, 0.4) is 0 Å². The minimum absolute atomic E-state index is 0.457. The third-order valence-corrected chi connectivity index (χ3v) is 6.63. The molecule has 0 aromatic heterocycles. The van der Waals surface area contributed by atoms with Crippen LogP contribution in [0.4, 0.5) is 0 Å². The Morgan fingerprint density at radius 2 is 1.42 bits per heavy atom. The smallest absolute Gasteiger partial charge is 0.0772 e. The van der Waals surface area contributed by atoms with Crippen LogP contribution >= 0.6 is 0 Å². The van der Waals surface area contributed by atoms with Gasteiger partial charge in [0.15, 0.2) is 0 Å². The van der Waals surface area contributed by atoms with Gasteiger partial charge in [-0.15, -0.1) is 0 Å². The van der Waals surface area contributed by atoms with E-state index in [1.165, 1.54) is 18.5 Å². The second-order valence-electron chi connectivity index (χ2n) is 5.74. The summed E-state index contributed by atoms with van der Waals surface area (Å²) in [5, 5.41) is 9.10. The summed E-state index contributed by atoms with van der Waals surface area (Å²) in [6.07, 6.45) is 1.80. The largest absolute Gasteiger partial charge is 0.400 e. The Balaban J connectivity index is 3.57. The Kier molecular flexibility index (Phi) is 4.73. The topological polar surface area (TPSA) is 20.2 Å². The maximum absolute atomic E-state index is 9.10. The van der Waals surface area contributed by atoms with Gasteiger partial charge in [0.05, 0.1) is 8.07 Å². The molecule has 0 aliphatic heterocycles. The first-order valence-corrected chi connectivity index (χ1v) is 12.0. The minimum atomic E-state index is -1.20. The van der Waals surface area contributed by atoms with Gasteiger partial charge in [0.1, 0.15) is 0 Å². The molecule has 0 amide bonds. The second kappa shape index (κ2) is 4.58. The second-order valence-corrected chi connectivity index (χ2v) is 16.5. The zero-order valence-electron chi connectivity index (χ0n) is 9.28. The SMILES string of the molecule is C[Si](C)(C)CCC[Si](C)(C)CO. The quantitative estimate of drug-likeness (QED) is 0.683. The third-order valence-electron chi connectivity index (χ3n) is 2.21. The highest BCUT2D eigenvalue weighted by atomic mass is 28.3. The normalized spacial score (nSPS) is 13.5. The van der Waals surface area contributed by atoms with Gasteiger partial charge in [-0.2, -0.15) is 0 Å². The molecule has 1 nitrogen and oxygen atoms in total. The van der Waals surface area contributed by atoms with E-state index in [1.54, 1.807) is 0 Å². The van der Waals surface area contributed by atoms with Crippen LogP contribution in [0.2, 0.25) is 44.8 Å². The molecule has 0 radical (unpaired) electrons. The van der Waals surface area contributed by atoms with Crippen molar-refractivity contribution in [3.63, 3.8) is 0 Å². The van der Waals surface area contributed by atoms with E-state index < -0.39 is 16.1 Å². The van der Waals surface area contributed by atoms with Crippen LogP contribution in [-0.4, -0.2) is 27.5 Å². The van der Waals surface area contributed by atoms with E-state index in [9.17, 15) is 0 Å². The van der Waals surface area contributed by atoms with E-state index in [1.807, 2.05) is 0 Å². The molecule has 0 saturated carbocycles. The Morgan fingerprint density at radius 1 is 0.917 bits per heavy atom. The Morgan fingerprint density at radius 3 is 1.75 bits per heavy atom. The lowest BCUT2D eigenvalue weighted by molar-refractivity contribution is 0.357. The van der Waals surface area contributed by atoms with Crippen LogP contribution in [-0.2, 0) is 0 Å². The van der Waals surface area contributed by atoms with Gasteiger partial charge in [-0.05, 0) is 0 Å². The van der Waals surface area contributed by atoms with Gasteiger partial charge < -0.3 is 5.11 Å². The van der Waals surface area contributed by atoms with Crippen molar-refractivity contribution in [2.45, 2.75) is 51.2 Å². The van der Waals surface area contributed by atoms with Crippen LogP contribution in [0, 0.1) is 0 Å². The summed E-state index contributed by atoms with van der Waals surface area (Å²) in [5.74, 6) is 0. The summed E-state index contributed by atoms with van der Waals surface area (Å²) in [6, 6.07) is 2.72. The molecule has 12 heavy (non-hydrogen) atoms. The Bertz CT molecular complexity index is 127. The molecule has 1 N–H and O–H groups in total. The molecule has 3 heteroatoms. The van der Waals surface area contributed by atoms with E-state index in [2.05, 4.69) is 32.7 Å². The van der Waals surface area contributed by atoms with Crippen LogP contribution < -0.4 is 0 Å². The van der Waals surface area contributed by atoms with Crippen LogP contribution in [0.15, 0.2) is 0 Å². The first-order valence-electron chi connectivity index (χ1n) is 4.88. The standard InChI is InChI=1S/C9H24OSi2/c1-11(2,3)7-6-8-12(4,5)9-10/h10H,6-9H2,1-5H3. The Labute approximate surface area is 79.2 Å². The predicted octanol–water partition coefficient (Wildman–Crippen LogP) is 2.95. The van der Waals surface area contributed by atoms with E-state index in [0.717, 1.165) is 0 Å². The molecule has 0 aliphatic rings. The summed E-state index contributed by atoms with van der Waals surface area (Å²) < 4.78 is 0. The molecule has 0 atom stereocenters. The molecule has 0 saturated heterocycles. The molecule has 0 aromatic carbocycles. The van der Waals surface area contributed by atoms with Crippen LogP contribution in [0.1, 0.15) is 6.42 Å². The highest BCUT2D eigenvalue weighted by Crippen LogP contribution is 2.18.